The van der Waals surface area contributed by atoms with E-state index >= 15 is 0 Å². The molecule has 5 nitrogen and oxygen atoms in total. The second-order valence-corrected chi connectivity index (χ2v) is 5.30. The lowest BCUT2D eigenvalue weighted by Gasteiger charge is -2.28. The minimum absolute atomic E-state index is 0.0899. The van der Waals surface area contributed by atoms with Gasteiger partial charge in [-0.2, -0.15) is 0 Å². The van der Waals surface area contributed by atoms with Crippen molar-refractivity contribution >= 4 is 0 Å². The number of ether oxygens (including phenoxy) is 1. The lowest BCUT2D eigenvalue weighted by atomic mass is 10.1. The second-order valence-electron chi connectivity index (χ2n) is 5.30. The molecule has 0 radical (unpaired) electrons. The van der Waals surface area contributed by atoms with Gasteiger partial charge in [-0.05, 0) is 19.4 Å². The van der Waals surface area contributed by atoms with E-state index in [0.29, 0.717) is 0 Å². The minimum atomic E-state index is -0.786. The molecular weight excluding hydrogens is 258 g/mol. The van der Waals surface area contributed by atoms with Crippen LogP contribution in [0.5, 0.6) is 0 Å². The third kappa shape index (κ3) is 5.56. The summed E-state index contributed by atoms with van der Waals surface area (Å²) < 4.78 is 5.61. The maximum absolute atomic E-state index is 9.85. The number of aliphatic hydroxyl groups excluding tert-OH is 3. The number of hydrogen-bond donors (Lipinski definition) is 4. The van der Waals surface area contributed by atoms with Crippen LogP contribution in [0.25, 0.3) is 0 Å². The molecule has 1 aromatic rings. The van der Waals surface area contributed by atoms with Gasteiger partial charge in [0.05, 0.1) is 37.6 Å². The van der Waals surface area contributed by atoms with Gasteiger partial charge in [0.25, 0.3) is 0 Å². The molecule has 5 heteroatoms. The first-order valence-corrected chi connectivity index (χ1v) is 6.82. The molecule has 0 aromatic heterocycles. The van der Waals surface area contributed by atoms with Gasteiger partial charge in [-0.15, -0.1) is 0 Å². The van der Waals surface area contributed by atoms with Crippen molar-refractivity contribution in [2.75, 3.05) is 26.4 Å². The van der Waals surface area contributed by atoms with Gasteiger partial charge in [0.1, 0.15) is 0 Å². The van der Waals surface area contributed by atoms with Gasteiger partial charge in [0, 0.05) is 6.54 Å². The number of aliphatic hydroxyl groups is 3. The molecule has 0 aliphatic rings. The quantitative estimate of drug-likeness (QED) is 0.529. The zero-order valence-corrected chi connectivity index (χ0v) is 12.1. The zero-order chi connectivity index (χ0) is 15.0. The fourth-order valence-electron chi connectivity index (χ4n) is 1.66. The molecule has 0 saturated carbocycles. The van der Waals surface area contributed by atoms with E-state index in [2.05, 4.69) is 5.32 Å². The number of hydrogen-bond acceptors (Lipinski definition) is 5. The van der Waals surface area contributed by atoms with E-state index in [9.17, 15) is 5.11 Å². The van der Waals surface area contributed by atoms with Crippen LogP contribution >= 0.6 is 0 Å². The fraction of sp³-hybridized carbons (Fsp3) is 0.600. The third-order valence-electron chi connectivity index (χ3n) is 3.27. The van der Waals surface area contributed by atoms with Crippen LogP contribution in [-0.4, -0.2) is 53.3 Å². The highest BCUT2D eigenvalue weighted by Crippen LogP contribution is 2.15. The Bertz CT molecular complexity index is 367. The van der Waals surface area contributed by atoms with Crippen molar-refractivity contribution in [3.05, 3.63) is 35.9 Å². The van der Waals surface area contributed by atoms with Crippen molar-refractivity contribution < 1.29 is 20.1 Å². The van der Waals surface area contributed by atoms with Crippen LogP contribution in [0.2, 0.25) is 0 Å². The molecule has 0 heterocycles. The number of benzene rings is 1. The van der Waals surface area contributed by atoms with Crippen LogP contribution in [-0.2, 0) is 4.74 Å². The van der Waals surface area contributed by atoms with E-state index in [1.807, 2.05) is 37.3 Å². The van der Waals surface area contributed by atoms with E-state index in [4.69, 9.17) is 14.9 Å². The molecule has 1 rings (SSSR count). The number of β-amino-alcohol motifs (C(OH)–C–C–N with tert-alkyl or cyclic N) is 1. The predicted octanol–water partition coefficient (Wildman–Crippen LogP) is 0.458. The van der Waals surface area contributed by atoms with Gasteiger partial charge < -0.3 is 25.4 Å². The Kier molecular flexibility index (Phi) is 7.12. The summed E-state index contributed by atoms with van der Waals surface area (Å²) in [7, 11) is 0. The van der Waals surface area contributed by atoms with Gasteiger partial charge in [0.15, 0.2) is 0 Å². The Morgan fingerprint density at radius 1 is 1.20 bits per heavy atom. The predicted molar refractivity (Wildman–Crippen MR) is 77.4 cm³/mol. The average Bonchev–Trinajstić information content (AvgIpc) is 2.51. The highest BCUT2D eigenvalue weighted by molar-refractivity contribution is 5.16. The molecular formula is C15H25NO4. The van der Waals surface area contributed by atoms with Crippen LogP contribution in [0.15, 0.2) is 30.3 Å². The maximum atomic E-state index is 9.85. The summed E-state index contributed by atoms with van der Waals surface area (Å²) in [6.45, 7) is 3.67. The average molecular weight is 283 g/mol. The molecule has 20 heavy (non-hydrogen) atoms. The summed E-state index contributed by atoms with van der Waals surface area (Å²) in [5.41, 5.74) is 0.273. The third-order valence-corrected chi connectivity index (χ3v) is 3.27. The molecule has 4 N–H and O–H groups in total. The van der Waals surface area contributed by atoms with Gasteiger partial charge >= 0.3 is 0 Å². The minimum Gasteiger partial charge on any atom is -0.394 e. The summed E-state index contributed by atoms with van der Waals surface area (Å²) in [6.07, 6.45) is -0.786. The highest BCUT2D eigenvalue weighted by Gasteiger charge is 2.22. The Hall–Kier alpha value is -0.980. The molecule has 2 atom stereocenters. The topological polar surface area (TPSA) is 82.0 Å². The Morgan fingerprint density at radius 2 is 1.80 bits per heavy atom. The largest absolute Gasteiger partial charge is 0.394 e. The second kappa shape index (κ2) is 8.34. The summed E-state index contributed by atoms with van der Waals surface area (Å²) in [5, 5.41) is 31.0. The van der Waals surface area contributed by atoms with E-state index in [1.54, 1.807) is 6.92 Å². The lowest BCUT2D eigenvalue weighted by Crippen LogP contribution is -2.52. The van der Waals surface area contributed by atoms with Crippen LogP contribution < -0.4 is 5.32 Å². The van der Waals surface area contributed by atoms with Crippen molar-refractivity contribution in [1.82, 2.24) is 5.32 Å². The maximum Gasteiger partial charge on any atom is 0.0898 e. The fourth-order valence-corrected chi connectivity index (χ4v) is 1.66. The standard InChI is InChI=1S/C15H25NO4/c1-12(13-6-4-3-5-7-13)20-9-14(19)8-16-15(2,10-17)11-18/h3-7,12,14,16-19H,8-11H2,1-2H3. The van der Waals surface area contributed by atoms with Crippen LogP contribution in [0, 0.1) is 0 Å². The normalized spacial score (nSPS) is 15.1. The molecule has 0 amide bonds. The summed E-state index contributed by atoms with van der Waals surface area (Å²) >= 11 is 0. The van der Waals surface area contributed by atoms with E-state index in [0.717, 1.165) is 5.56 Å². The first kappa shape index (κ1) is 17.1. The monoisotopic (exact) mass is 283 g/mol. The number of nitrogens with one attached hydrogen (secondary N) is 1. The molecule has 2 unspecified atom stereocenters. The molecule has 0 bridgehead atoms. The molecule has 0 saturated heterocycles. The first-order valence-electron chi connectivity index (χ1n) is 6.82. The van der Waals surface area contributed by atoms with Gasteiger partial charge in [-0.3, -0.25) is 0 Å². The van der Waals surface area contributed by atoms with E-state index in [-0.39, 0.29) is 32.5 Å². The van der Waals surface area contributed by atoms with Crippen molar-refractivity contribution in [2.24, 2.45) is 0 Å². The first-order chi connectivity index (χ1) is 9.50. The lowest BCUT2D eigenvalue weighted by molar-refractivity contribution is -0.00817. The molecule has 0 aliphatic heterocycles. The number of rotatable bonds is 9. The van der Waals surface area contributed by atoms with Crippen LogP contribution in [0.1, 0.15) is 25.5 Å². The Morgan fingerprint density at radius 3 is 2.35 bits per heavy atom. The van der Waals surface area contributed by atoms with Gasteiger partial charge in [0.2, 0.25) is 0 Å². The Labute approximate surface area is 120 Å². The summed E-state index contributed by atoms with van der Waals surface area (Å²) in [5.74, 6) is 0. The molecule has 0 aliphatic carbocycles. The Balaban J connectivity index is 2.31. The van der Waals surface area contributed by atoms with E-state index < -0.39 is 11.6 Å². The molecule has 0 fully saturated rings. The highest BCUT2D eigenvalue weighted by atomic mass is 16.5. The van der Waals surface area contributed by atoms with Crippen LogP contribution in [0.4, 0.5) is 0 Å². The van der Waals surface area contributed by atoms with Crippen molar-refractivity contribution in [3.8, 4) is 0 Å². The smallest absolute Gasteiger partial charge is 0.0898 e. The molecule has 114 valence electrons. The van der Waals surface area contributed by atoms with Crippen molar-refractivity contribution in [3.63, 3.8) is 0 Å². The zero-order valence-electron chi connectivity index (χ0n) is 12.1. The molecule has 1 aromatic carbocycles. The summed E-state index contributed by atoms with van der Waals surface area (Å²) in [6, 6.07) is 9.79. The van der Waals surface area contributed by atoms with Crippen molar-refractivity contribution in [2.45, 2.75) is 31.6 Å². The van der Waals surface area contributed by atoms with E-state index in [1.165, 1.54) is 0 Å². The van der Waals surface area contributed by atoms with Gasteiger partial charge in [-0.1, -0.05) is 30.3 Å². The van der Waals surface area contributed by atoms with Crippen LogP contribution in [0.3, 0.4) is 0 Å². The van der Waals surface area contributed by atoms with Gasteiger partial charge in [-0.25, -0.2) is 0 Å². The van der Waals surface area contributed by atoms with Crippen molar-refractivity contribution in [1.29, 1.82) is 0 Å². The molecule has 0 spiro atoms. The SMILES string of the molecule is CC(OCC(O)CNC(C)(CO)CO)c1ccccc1. The summed E-state index contributed by atoms with van der Waals surface area (Å²) in [4.78, 5) is 0.